The van der Waals surface area contributed by atoms with E-state index in [9.17, 15) is 9.59 Å². The highest BCUT2D eigenvalue weighted by molar-refractivity contribution is 8.00. The number of nitrogens with zero attached hydrogens (tertiary/aromatic N) is 2. The summed E-state index contributed by atoms with van der Waals surface area (Å²) in [6.45, 7) is 3.30. The summed E-state index contributed by atoms with van der Waals surface area (Å²) in [6.07, 6.45) is 2.46. The third-order valence-electron chi connectivity index (χ3n) is 4.10. The Labute approximate surface area is 183 Å². The number of anilines is 2. The number of amides is 2. The van der Waals surface area contributed by atoms with Gasteiger partial charge >= 0.3 is 0 Å². The van der Waals surface area contributed by atoms with Crippen LogP contribution < -0.4 is 10.6 Å². The molecule has 3 rings (SSSR count). The van der Waals surface area contributed by atoms with Crippen molar-refractivity contribution in [3.63, 3.8) is 0 Å². The maximum Gasteiger partial charge on any atom is 0.239 e. The summed E-state index contributed by atoms with van der Waals surface area (Å²) in [5.41, 5.74) is 2.44. The Morgan fingerprint density at radius 3 is 2.47 bits per heavy atom. The molecule has 1 heterocycles. The molecule has 0 saturated carbocycles. The molecule has 8 heteroatoms. The Hall–Kier alpha value is -3.15. The average molecular weight is 437 g/mol. The minimum absolute atomic E-state index is 0.120. The van der Waals surface area contributed by atoms with Crippen molar-refractivity contribution in [2.24, 2.45) is 0 Å². The molecule has 1 atom stereocenters. The zero-order valence-electron chi connectivity index (χ0n) is 16.5. The largest absolute Gasteiger partial charge is 0.326 e. The van der Waals surface area contributed by atoms with Gasteiger partial charge in [-0.3, -0.25) is 9.59 Å². The lowest BCUT2D eigenvalue weighted by molar-refractivity contribution is -0.115. The molecule has 3 aromatic rings. The Kier molecular flexibility index (Phi) is 7.22. The number of hydrogen-bond donors (Lipinski definition) is 2. The maximum absolute atomic E-state index is 12.5. The Morgan fingerprint density at radius 1 is 1.13 bits per heavy atom. The molecule has 1 aromatic heterocycles. The van der Waals surface area contributed by atoms with Crippen LogP contribution in [0.3, 0.4) is 0 Å². The molecule has 1 unspecified atom stereocenters. The normalized spacial score (nSPS) is 11.4. The van der Waals surface area contributed by atoms with Gasteiger partial charge in [0.2, 0.25) is 11.8 Å². The lowest BCUT2D eigenvalue weighted by Gasteiger charge is -2.11. The predicted molar refractivity (Wildman–Crippen MR) is 121 cm³/mol. The zero-order chi connectivity index (χ0) is 21.5. The van der Waals surface area contributed by atoms with E-state index in [1.807, 2.05) is 43.3 Å². The van der Waals surface area contributed by atoms with Gasteiger partial charge in [0.25, 0.3) is 0 Å². The highest BCUT2D eigenvalue weighted by Gasteiger charge is 2.16. The van der Waals surface area contributed by atoms with E-state index >= 15 is 0 Å². The fourth-order valence-electron chi connectivity index (χ4n) is 2.63. The van der Waals surface area contributed by atoms with E-state index in [2.05, 4.69) is 21.7 Å². The van der Waals surface area contributed by atoms with Gasteiger partial charge in [0.15, 0.2) is 5.13 Å². The van der Waals surface area contributed by atoms with Crippen LogP contribution in [0.4, 0.5) is 10.8 Å². The Bertz CT molecular complexity index is 1070. The minimum atomic E-state index is -0.303. The molecule has 2 aromatic carbocycles. The summed E-state index contributed by atoms with van der Waals surface area (Å²) in [5.74, 6) is -0.240. The summed E-state index contributed by atoms with van der Waals surface area (Å²) in [5, 5.41) is 14.7. The lowest BCUT2D eigenvalue weighted by atomic mass is 10.1. The van der Waals surface area contributed by atoms with Crippen molar-refractivity contribution in [1.82, 2.24) is 4.98 Å². The molecule has 152 valence electrons. The molecule has 30 heavy (non-hydrogen) atoms. The Balaban J connectivity index is 1.53. The summed E-state index contributed by atoms with van der Waals surface area (Å²) in [4.78, 5) is 29.9. The molecular weight excluding hydrogens is 416 g/mol. The third kappa shape index (κ3) is 6.17. The molecule has 0 aliphatic carbocycles. The smallest absolute Gasteiger partial charge is 0.239 e. The topological polar surface area (TPSA) is 94.9 Å². The van der Waals surface area contributed by atoms with E-state index in [1.165, 1.54) is 30.0 Å². The first kappa shape index (κ1) is 21.6. The van der Waals surface area contributed by atoms with Crippen molar-refractivity contribution < 1.29 is 9.59 Å². The average Bonchev–Trinajstić information content (AvgIpc) is 3.16. The predicted octanol–water partition coefficient (Wildman–Crippen LogP) is 4.68. The SMILES string of the molecule is CC(=O)Nc1ccc(SC(C)C(=O)Nc2ncc(Cc3ccc(C#N)cc3)s2)cc1. The first-order valence-corrected chi connectivity index (χ1v) is 10.9. The molecule has 0 aliphatic rings. The van der Waals surface area contributed by atoms with E-state index in [-0.39, 0.29) is 17.1 Å². The van der Waals surface area contributed by atoms with Crippen molar-refractivity contribution in [2.45, 2.75) is 30.4 Å². The number of rotatable bonds is 7. The van der Waals surface area contributed by atoms with Gasteiger partial charge in [-0.2, -0.15) is 5.26 Å². The number of thiazole rings is 1. The van der Waals surface area contributed by atoms with E-state index in [4.69, 9.17) is 5.26 Å². The van der Waals surface area contributed by atoms with Crippen molar-refractivity contribution in [3.8, 4) is 6.07 Å². The molecule has 0 fully saturated rings. The van der Waals surface area contributed by atoms with Gasteiger partial charge in [0, 0.05) is 35.0 Å². The van der Waals surface area contributed by atoms with Crippen LogP contribution in [-0.4, -0.2) is 22.0 Å². The van der Waals surface area contributed by atoms with Gasteiger partial charge in [-0.1, -0.05) is 12.1 Å². The number of carbonyl (C=O) groups is 2. The highest BCUT2D eigenvalue weighted by atomic mass is 32.2. The number of benzene rings is 2. The van der Waals surface area contributed by atoms with Crippen LogP contribution in [-0.2, 0) is 16.0 Å². The fourth-order valence-corrected chi connectivity index (χ4v) is 4.35. The second-order valence-corrected chi connectivity index (χ2v) is 9.10. The summed E-state index contributed by atoms with van der Waals surface area (Å²) in [7, 11) is 0. The molecule has 0 bridgehead atoms. The first-order valence-electron chi connectivity index (χ1n) is 9.22. The van der Waals surface area contributed by atoms with Gasteiger partial charge in [-0.15, -0.1) is 23.1 Å². The standard InChI is InChI=1S/C22H20N4O2S2/c1-14(29-19-9-7-18(8-10-19)25-15(2)27)21(28)26-22-24-13-20(30-22)11-16-3-5-17(12-23)6-4-16/h3-10,13-14H,11H2,1-2H3,(H,25,27)(H,24,26,28). The molecule has 0 radical (unpaired) electrons. The highest BCUT2D eigenvalue weighted by Crippen LogP contribution is 2.27. The van der Waals surface area contributed by atoms with Crippen LogP contribution in [0.2, 0.25) is 0 Å². The number of hydrogen-bond acceptors (Lipinski definition) is 6. The number of aromatic nitrogens is 1. The molecule has 2 amide bonds. The van der Waals surface area contributed by atoms with Crippen LogP contribution in [0.15, 0.2) is 59.6 Å². The van der Waals surface area contributed by atoms with Crippen molar-refractivity contribution in [1.29, 1.82) is 5.26 Å². The summed E-state index contributed by atoms with van der Waals surface area (Å²) in [6, 6.07) is 16.9. The van der Waals surface area contributed by atoms with Gasteiger partial charge in [0.05, 0.1) is 16.9 Å². The van der Waals surface area contributed by atoms with E-state index in [0.29, 0.717) is 17.1 Å². The monoisotopic (exact) mass is 436 g/mol. The van der Waals surface area contributed by atoms with Gasteiger partial charge < -0.3 is 10.6 Å². The summed E-state index contributed by atoms with van der Waals surface area (Å²) >= 11 is 2.88. The van der Waals surface area contributed by atoms with Crippen LogP contribution in [0.5, 0.6) is 0 Å². The van der Waals surface area contributed by atoms with Gasteiger partial charge in [0.1, 0.15) is 0 Å². The molecule has 0 aliphatic heterocycles. The zero-order valence-corrected chi connectivity index (χ0v) is 18.1. The third-order valence-corrected chi connectivity index (χ3v) is 6.13. The Morgan fingerprint density at radius 2 is 1.83 bits per heavy atom. The van der Waals surface area contributed by atoms with E-state index in [0.717, 1.165) is 21.0 Å². The van der Waals surface area contributed by atoms with E-state index < -0.39 is 0 Å². The summed E-state index contributed by atoms with van der Waals surface area (Å²) < 4.78 is 0. The van der Waals surface area contributed by atoms with Crippen LogP contribution in [0.1, 0.15) is 29.9 Å². The van der Waals surface area contributed by atoms with Gasteiger partial charge in [-0.05, 0) is 48.9 Å². The number of carbonyl (C=O) groups excluding carboxylic acids is 2. The lowest BCUT2D eigenvalue weighted by Crippen LogP contribution is -2.22. The number of nitriles is 1. The van der Waals surface area contributed by atoms with E-state index in [1.54, 1.807) is 18.3 Å². The van der Waals surface area contributed by atoms with Crippen molar-refractivity contribution in [2.75, 3.05) is 10.6 Å². The van der Waals surface area contributed by atoms with Crippen molar-refractivity contribution in [3.05, 3.63) is 70.7 Å². The molecule has 0 spiro atoms. The maximum atomic E-state index is 12.5. The molecule has 2 N–H and O–H groups in total. The van der Waals surface area contributed by atoms with Crippen LogP contribution >= 0.6 is 23.1 Å². The van der Waals surface area contributed by atoms with Crippen LogP contribution in [0, 0.1) is 11.3 Å². The fraction of sp³-hybridized carbons (Fsp3) is 0.182. The number of thioether (sulfide) groups is 1. The molecule has 0 saturated heterocycles. The first-order chi connectivity index (χ1) is 14.4. The van der Waals surface area contributed by atoms with Crippen LogP contribution in [0.25, 0.3) is 0 Å². The molecule has 6 nitrogen and oxygen atoms in total. The minimum Gasteiger partial charge on any atom is -0.326 e. The second kappa shape index (κ2) is 10.1. The second-order valence-electron chi connectivity index (χ2n) is 6.57. The van der Waals surface area contributed by atoms with Crippen molar-refractivity contribution >= 4 is 45.7 Å². The van der Waals surface area contributed by atoms with Gasteiger partial charge in [-0.25, -0.2) is 4.98 Å². The quantitative estimate of drug-likeness (QED) is 0.524. The number of nitrogens with one attached hydrogen (secondary N) is 2. The molecular formula is C22H20N4O2S2.